The fourth-order valence-corrected chi connectivity index (χ4v) is 1.88. The molecule has 1 aromatic carbocycles. The molecule has 6 heteroatoms. The quantitative estimate of drug-likeness (QED) is 0.572. The van der Waals surface area contributed by atoms with Gasteiger partial charge in [-0.2, -0.15) is 0 Å². The Kier molecular flexibility index (Phi) is 7.36. The van der Waals surface area contributed by atoms with E-state index in [0.717, 1.165) is 0 Å². The minimum absolute atomic E-state index is 0.0367. The number of carbonyl (C=O) groups excluding carboxylic acids is 1. The first-order chi connectivity index (χ1) is 9.52. The normalized spacial score (nSPS) is 12.2. The summed E-state index contributed by atoms with van der Waals surface area (Å²) in [6, 6.07) is 4.98. The molecule has 0 saturated heterocycles. The second-order valence-electron chi connectivity index (χ2n) is 4.53. The molecule has 0 bridgehead atoms. The Morgan fingerprint density at radius 2 is 2.25 bits per heavy atom. The lowest BCUT2D eigenvalue weighted by atomic mass is 10.2. The number of benzene rings is 1. The van der Waals surface area contributed by atoms with Crippen molar-refractivity contribution in [3.63, 3.8) is 0 Å². The van der Waals surface area contributed by atoms with Gasteiger partial charge in [0, 0.05) is 25.8 Å². The lowest BCUT2D eigenvalue weighted by Gasteiger charge is -2.12. The van der Waals surface area contributed by atoms with Gasteiger partial charge < -0.3 is 20.5 Å². The van der Waals surface area contributed by atoms with Crippen molar-refractivity contribution in [3.05, 3.63) is 23.2 Å². The van der Waals surface area contributed by atoms with Crippen LogP contribution in [0.1, 0.15) is 19.8 Å². The number of anilines is 2. The number of nitrogen functional groups attached to an aromatic ring is 1. The van der Waals surface area contributed by atoms with Crippen LogP contribution in [-0.2, 0) is 14.3 Å². The maximum absolute atomic E-state index is 11.7. The summed E-state index contributed by atoms with van der Waals surface area (Å²) >= 11 is 5.98. The van der Waals surface area contributed by atoms with Gasteiger partial charge in [0.25, 0.3) is 0 Å². The molecule has 1 rings (SSSR count). The maximum Gasteiger partial charge on any atom is 0.224 e. The molecule has 0 aliphatic rings. The van der Waals surface area contributed by atoms with Crippen LogP contribution in [0, 0.1) is 0 Å². The minimum Gasteiger partial charge on any atom is -0.399 e. The minimum atomic E-state index is -0.0975. The Hall–Kier alpha value is -1.30. The van der Waals surface area contributed by atoms with E-state index < -0.39 is 0 Å². The first-order valence-corrected chi connectivity index (χ1v) is 6.86. The average Bonchev–Trinajstić information content (AvgIpc) is 2.38. The number of carbonyl (C=O) groups is 1. The fourth-order valence-electron chi connectivity index (χ4n) is 1.65. The maximum atomic E-state index is 11.7. The molecule has 0 fully saturated rings. The van der Waals surface area contributed by atoms with Crippen molar-refractivity contribution in [2.45, 2.75) is 25.9 Å². The standard InChI is InChI=1S/C14H21ClN2O3/c1-10(9-19-2)20-7-3-4-14(18)17-13-6-5-11(16)8-12(13)15/h5-6,8,10H,3-4,7,9,16H2,1-2H3,(H,17,18). The van der Waals surface area contributed by atoms with Crippen molar-refractivity contribution in [1.82, 2.24) is 0 Å². The van der Waals surface area contributed by atoms with E-state index in [0.29, 0.717) is 42.5 Å². The van der Waals surface area contributed by atoms with E-state index in [4.69, 9.17) is 26.8 Å². The summed E-state index contributed by atoms with van der Waals surface area (Å²) in [5.74, 6) is -0.0975. The monoisotopic (exact) mass is 300 g/mol. The molecule has 1 aromatic rings. The van der Waals surface area contributed by atoms with Crippen molar-refractivity contribution in [2.75, 3.05) is 31.4 Å². The number of rotatable bonds is 8. The third-order valence-corrected chi connectivity index (χ3v) is 2.93. The molecule has 1 unspecified atom stereocenters. The zero-order valence-electron chi connectivity index (χ0n) is 11.8. The van der Waals surface area contributed by atoms with Gasteiger partial charge in [0.2, 0.25) is 5.91 Å². The molecule has 0 radical (unpaired) electrons. The Morgan fingerprint density at radius 3 is 2.90 bits per heavy atom. The number of ether oxygens (including phenoxy) is 2. The second kappa shape index (κ2) is 8.79. The van der Waals surface area contributed by atoms with Gasteiger partial charge in [-0.3, -0.25) is 4.79 Å². The summed E-state index contributed by atoms with van der Waals surface area (Å²) in [6.07, 6.45) is 1.06. The Labute approximate surface area is 124 Å². The van der Waals surface area contributed by atoms with Crippen LogP contribution in [0.2, 0.25) is 5.02 Å². The number of methoxy groups -OCH3 is 1. The molecule has 112 valence electrons. The molecule has 1 amide bonds. The first kappa shape index (κ1) is 16.8. The summed E-state index contributed by atoms with van der Waals surface area (Å²) < 4.78 is 10.4. The smallest absolute Gasteiger partial charge is 0.224 e. The lowest BCUT2D eigenvalue weighted by Crippen LogP contribution is -2.17. The SMILES string of the molecule is COCC(C)OCCCC(=O)Nc1ccc(N)cc1Cl. The van der Waals surface area contributed by atoms with Crippen molar-refractivity contribution in [3.8, 4) is 0 Å². The van der Waals surface area contributed by atoms with E-state index in [9.17, 15) is 4.79 Å². The summed E-state index contributed by atoms with van der Waals surface area (Å²) in [4.78, 5) is 11.7. The van der Waals surface area contributed by atoms with E-state index in [-0.39, 0.29) is 12.0 Å². The molecule has 0 aromatic heterocycles. The molecule has 0 saturated carbocycles. The number of amides is 1. The van der Waals surface area contributed by atoms with Crippen LogP contribution >= 0.6 is 11.6 Å². The Balaban J connectivity index is 2.26. The van der Waals surface area contributed by atoms with Gasteiger partial charge in [0.1, 0.15) is 0 Å². The highest BCUT2D eigenvalue weighted by Crippen LogP contribution is 2.24. The molecular formula is C14H21ClN2O3. The van der Waals surface area contributed by atoms with Gasteiger partial charge in [0.05, 0.1) is 23.4 Å². The van der Waals surface area contributed by atoms with E-state index in [1.54, 1.807) is 25.3 Å². The molecule has 0 aliphatic carbocycles. The van der Waals surface area contributed by atoms with Crippen LogP contribution in [-0.4, -0.2) is 32.3 Å². The molecule has 3 N–H and O–H groups in total. The van der Waals surface area contributed by atoms with Gasteiger partial charge in [0.15, 0.2) is 0 Å². The third-order valence-electron chi connectivity index (χ3n) is 2.62. The molecule has 0 aliphatic heterocycles. The van der Waals surface area contributed by atoms with E-state index >= 15 is 0 Å². The van der Waals surface area contributed by atoms with Crippen LogP contribution in [0.15, 0.2) is 18.2 Å². The highest BCUT2D eigenvalue weighted by Gasteiger charge is 2.07. The lowest BCUT2D eigenvalue weighted by molar-refractivity contribution is -0.116. The van der Waals surface area contributed by atoms with Gasteiger partial charge in [-0.1, -0.05) is 11.6 Å². The highest BCUT2D eigenvalue weighted by molar-refractivity contribution is 6.34. The zero-order chi connectivity index (χ0) is 15.0. The molecule has 20 heavy (non-hydrogen) atoms. The molecule has 1 atom stereocenters. The molecule has 0 spiro atoms. The van der Waals surface area contributed by atoms with Gasteiger partial charge >= 0.3 is 0 Å². The summed E-state index contributed by atoms with van der Waals surface area (Å²) in [7, 11) is 1.63. The number of nitrogens with two attached hydrogens (primary N) is 1. The fraction of sp³-hybridized carbons (Fsp3) is 0.500. The van der Waals surface area contributed by atoms with Crippen LogP contribution < -0.4 is 11.1 Å². The number of hydrogen-bond acceptors (Lipinski definition) is 4. The predicted molar refractivity (Wildman–Crippen MR) is 81.0 cm³/mol. The summed E-state index contributed by atoms with van der Waals surface area (Å²) in [5.41, 5.74) is 6.72. The van der Waals surface area contributed by atoms with Crippen LogP contribution in [0.5, 0.6) is 0 Å². The largest absolute Gasteiger partial charge is 0.399 e. The van der Waals surface area contributed by atoms with Crippen LogP contribution in [0.25, 0.3) is 0 Å². The van der Waals surface area contributed by atoms with Crippen molar-refractivity contribution < 1.29 is 14.3 Å². The topological polar surface area (TPSA) is 73.6 Å². The van der Waals surface area contributed by atoms with E-state index in [1.165, 1.54) is 0 Å². The molecule has 5 nitrogen and oxygen atoms in total. The summed E-state index contributed by atoms with van der Waals surface area (Å²) in [5, 5.41) is 3.18. The number of hydrogen-bond donors (Lipinski definition) is 2. The van der Waals surface area contributed by atoms with E-state index in [1.807, 2.05) is 6.92 Å². The van der Waals surface area contributed by atoms with Crippen LogP contribution in [0.3, 0.4) is 0 Å². The number of nitrogens with one attached hydrogen (secondary N) is 1. The van der Waals surface area contributed by atoms with Gasteiger partial charge in [-0.15, -0.1) is 0 Å². The summed E-state index contributed by atoms with van der Waals surface area (Å²) in [6.45, 7) is 3.00. The average molecular weight is 301 g/mol. The predicted octanol–water partition coefficient (Wildman–Crippen LogP) is 2.69. The Bertz CT molecular complexity index is 440. The first-order valence-electron chi connectivity index (χ1n) is 6.48. The van der Waals surface area contributed by atoms with Crippen molar-refractivity contribution in [2.24, 2.45) is 0 Å². The van der Waals surface area contributed by atoms with E-state index in [2.05, 4.69) is 5.32 Å². The second-order valence-corrected chi connectivity index (χ2v) is 4.93. The Morgan fingerprint density at radius 1 is 1.50 bits per heavy atom. The van der Waals surface area contributed by atoms with Crippen molar-refractivity contribution in [1.29, 1.82) is 0 Å². The highest BCUT2D eigenvalue weighted by atomic mass is 35.5. The van der Waals surface area contributed by atoms with Crippen molar-refractivity contribution >= 4 is 28.9 Å². The number of halogens is 1. The third kappa shape index (κ3) is 6.23. The van der Waals surface area contributed by atoms with Crippen LogP contribution in [0.4, 0.5) is 11.4 Å². The van der Waals surface area contributed by atoms with Gasteiger partial charge in [-0.05, 0) is 31.5 Å². The zero-order valence-corrected chi connectivity index (χ0v) is 12.6. The molecule has 0 heterocycles. The molecular weight excluding hydrogens is 280 g/mol. The van der Waals surface area contributed by atoms with Gasteiger partial charge in [-0.25, -0.2) is 0 Å².